The Balaban J connectivity index is 2.37. The SMILES string of the molecule is COc1cc(C)cc(OC)c1[C@@H](N)c1ccc(OC(F)(F)F)cc1. The Morgan fingerprint density at radius 2 is 1.46 bits per heavy atom. The molecule has 0 amide bonds. The molecule has 0 aromatic heterocycles. The normalized spacial score (nSPS) is 12.6. The molecule has 2 N–H and O–H groups in total. The van der Waals surface area contributed by atoms with Gasteiger partial charge in [-0.25, -0.2) is 0 Å². The highest BCUT2D eigenvalue weighted by atomic mass is 19.4. The van der Waals surface area contributed by atoms with Crippen molar-refractivity contribution in [3.63, 3.8) is 0 Å². The van der Waals surface area contributed by atoms with Crippen LogP contribution in [0.4, 0.5) is 13.2 Å². The first-order chi connectivity index (χ1) is 11.2. The number of benzene rings is 2. The molecule has 2 rings (SSSR count). The van der Waals surface area contributed by atoms with Gasteiger partial charge in [0.05, 0.1) is 25.8 Å². The number of nitrogens with two attached hydrogens (primary N) is 1. The topological polar surface area (TPSA) is 53.7 Å². The summed E-state index contributed by atoms with van der Waals surface area (Å²) in [5, 5.41) is 0. The van der Waals surface area contributed by atoms with E-state index in [9.17, 15) is 13.2 Å². The zero-order valence-electron chi connectivity index (χ0n) is 13.5. The van der Waals surface area contributed by atoms with E-state index in [4.69, 9.17) is 15.2 Å². The van der Waals surface area contributed by atoms with Gasteiger partial charge >= 0.3 is 6.36 Å². The van der Waals surface area contributed by atoms with Gasteiger partial charge in [-0.1, -0.05) is 12.1 Å². The highest BCUT2D eigenvalue weighted by Gasteiger charge is 2.31. The Kier molecular flexibility index (Phi) is 5.23. The van der Waals surface area contributed by atoms with Crippen LogP contribution in [0.2, 0.25) is 0 Å². The number of hydrogen-bond acceptors (Lipinski definition) is 4. The van der Waals surface area contributed by atoms with Gasteiger partial charge in [-0.05, 0) is 42.3 Å². The van der Waals surface area contributed by atoms with Crippen LogP contribution in [0.1, 0.15) is 22.7 Å². The van der Waals surface area contributed by atoms with Crippen LogP contribution in [0.15, 0.2) is 36.4 Å². The maximum atomic E-state index is 12.2. The monoisotopic (exact) mass is 341 g/mol. The molecule has 0 heterocycles. The third-order valence-electron chi connectivity index (χ3n) is 3.47. The molecule has 0 bridgehead atoms. The Morgan fingerprint density at radius 3 is 1.88 bits per heavy atom. The van der Waals surface area contributed by atoms with Crippen LogP contribution in [0.3, 0.4) is 0 Å². The molecule has 7 heteroatoms. The lowest BCUT2D eigenvalue weighted by Gasteiger charge is -2.20. The van der Waals surface area contributed by atoms with Gasteiger partial charge in [0.2, 0.25) is 0 Å². The van der Waals surface area contributed by atoms with Gasteiger partial charge < -0.3 is 19.9 Å². The average molecular weight is 341 g/mol. The van der Waals surface area contributed by atoms with Gasteiger partial charge in [0.25, 0.3) is 0 Å². The van der Waals surface area contributed by atoms with Crippen molar-refractivity contribution in [2.45, 2.75) is 19.3 Å². The fourth-order valence-electron chi connectivity index (χ4n) is 2.42. The number of hydrogen-bond donors (Lipinski definition) is 1. The third kappa shape index (κ3) is 4.11. The quantitative estimate of drug-likeness (QED) is 0.894. The second kappa shape index (κ2) is 7.00. The summed E-state index contributed by atoms with van der Waals surface area (Å²) in [5.41, 5.74) is 8.43. The van der Waals surface area contributed by atoms with Crippen LogP contribution < -0.4 is 19.9 Å². The standard InChI is InChI=1S/C17H18F3NO3/c1-10-8-13(22-2)15(14(9-10)23-3)16(21)11-4-6-12(7-5-11)24-17(18,19)20/h4-9,16H,21H2,1-3H3/t16-/m0/s1. The van der Waals surface area contributed by atoms with Crippen molar-refractivity contribution < 1.29 is 27.4 Å². The Hall–Kier alpha value is -2.41. The maximum absolute atomic E-state index is 12.2. The van der Waals surface area contributed by atoms with Crippen LogP contribution >= 0.6 is 0 Å². The summed E-state index contributed by atoms with van der Waals surface area (Å²) in [6.07, 6.45) is -4.73. The van der Waals surface area contributed by atoms with Gasteiger partial charge in [0, 0.05) is 0 Å². The molecule has 0 radical (unpaired) electrons. The van der Waals surface area contributed by atoms with Crippen LogP contribution in [-0.2, 0) is 0 Å². The van der Waals surface area contributed by atoms with Gasteiger partial charge in [-0.15, -0.1) is 13.2 Å². The summed E-state index contributed by atoms with van der Waals surface area (Å²) in [4.78, 5) is 0. The number of ether oxygens (including phenoxy) is 3. The summed E-state index contributed by atoms with van der Waals surface area (Å²) in [6.45, 7) is 1.89. The summed E-state index contributed by atoms with van der Waals surface area (Å²) in [5.74, 6) is 0.797. The fraction of sp³-hybridized carbons (Fsp3) is 0.294. The molecule has 0 aliphatic rings. The van der Waals surface area contributed by atoms with Crippen molar-refractivity contribution in [1.82, 2.24) is 0 Å². The van der Waals surface area contributed by atoms with Crippen LogP contribution in [-0.4, -0.2) is 20.6 Å². The smallest absolute Gasteiger partial charge is 0.496 e. The first-order valence-electron chi connectivity index (χ1n) is 7.09. The molecule has 0 aliphatic carbocycles. The summed E-state index contributed by atoms with van der Waals surface area (Å²) in [6, 6.07) is 8.40. The van der Waals surface area contributed by atoms with Crippen LogP contribution in [0.5, 0.6) is 17.2 Å². The van der Waals surface area contributed by atoms with Gasteiger partial charge in [0.1, 0.15) is 17.2 Å². The fourth-order valence-corrected chi connectivity index (χ4v) is 2.42. The highest BCUT2D eigenvalue weighted by molar-refractivity contribution is 5.52. The first-order valence-corrected chi connectivity index (χ1v) is 7.09. The lowest BCUT2D eigenvalue weighted by atomic mass is 9.96. The van der Waals surface area contributed by atoms with E-state index >= 15 is 0 Å². The summed E-state index contributed by atoms with van der Waals surface area (Å²) >= 11 is 0. The molecule has 2 aromatic carbocycles. The van der Waals surface area contributed by atoms with Crippen molar-refractivity contribution in [2.24, 2.45) is 5.73 Å². The van der Waals surface area contributed by atoms with E-state index < -0.39 is 12.4 Å². The molecule has 0 saturated heterocycles. The van der Waals surface area contributed by atoms with E-state index in [1.165, 1.54) is 38.5 Å². The minimum absolute atomic E-state index is 0.304. The number of halogens is 3. The molecule has 0 unspecified atom stereocenters. The summed E-state index contributed by atoms with van der Waals surface area (Å²) < 4.78 is 51.3. The molecule has 0 aliphatic heterocycles. The summed E-state index contributed by atoms with van der Waals surface area (Å²) in [7, 11) is 3.04. The van der Waals surface area contributed by atoms with E-state index in [-0.39, 0.29) is 5.75 Å². The molecule has 4 nitrogen and oxygen atoms in total. The zero-order chi connectivity index (χ0) is 17.9. The minimum Gasteiger partial charge on any atom is -0.496 e. The number of rotatable bonds is 5. The van der Waals surface area contributed by atoms with Gasteiger partial charge in [-0.3, -0.25) is 0 Å². The van der Waals surface area contributed by atoms with E-state index in [2.05, 4.69) is 4.74 Å². The van der Waals surface area contributed by atoms with Crippen molar-refractivity contribution in [2.75, 3.05) is 14.2 Å². The number of alkyl halides is 3. The van der Waals surface area contributed by atoms with E-state index in [1.54, 1.807) is 0 Å². The molecular formula is C17H18F3NO3. The Morgan fingerprint density at radius 1 is 0.958 bits per heavy atom. The molecule has 0 spiro atoms. The predicted octanol–water partition coefficient (Wildman–Crippen LogP) is 3.96. The number of aryl methyl sites for hydroxylation is 1. The lowest BCUT2D eigenvalue weighted by Crippen LogP contribution is -2.17. The van der Waals surface area contributed by atoms with Crippen molar-refractivity contribution in [1.29, 1.82) is 0 Å². The van der Waals surface area contributed by atoms with Crippen molar-refractivity contribution >= 4 is 0 Å². The van der Waals surface area contributed by atoms with E-state index in [0.29, 0.717) is 22.6 Å². The van der Waals surface area contributed by atoms with Gasteiger partial charge in [0.15, 0.2) is 0 Å². The van der Waals surface area contributed by atoms with E-state index in [0.717, 1.165) is 5.56 Å². The average Bonchev–Trinajstić information content (AvgIpc) is 2.52. The van der Waals surface area contributed by atoms with Crippen molar-refractivity contribution in [3.05, 3.63) is 53.1 Å². The minimum atomic E-state index is -4.73. The Labute approximate surface area is 137 Å². The molecule has 0 fully saturated rings. The van der Waals surface area contributed by atoms with Crippen LogP contribution in [0, 0.1) is 6.92 Å². The van der Waals surface area contributed by atoms with E-state index in [1.807, 2.05) is 19.1 Å². The highest BCUT2D eigenvalue weighted by Crippen LogP contribution is 2.37. The molecular weight excluding hydrogens is 323 g/mol. The molecule has 0 saturated carbocycles. The first kappa shape index (κ1) is 17.9. The van der Waals surface area contributed by atoms with Crippen LogP contribution in [0.25, 0.3) is 0 Å². The molecule has 1 atom stereocenters. The number of methoxy groups -OCH3 is 2. The largest absolute Gasteiger partial charge is 0.573 e. The Bertz CT molecular complexity index is 674. The zero-order valence-corrected chi connectivity index (χ0v) is 13.5. The van der Waals surface area contributed by atoms with Gasteiger partial charge in [-0.2, -0.15) is 0 Å². The van der Waals surface area contributed by atoms with Crippen molar-refractivity contribution in [3.8, 4) is 17.2 Å². The molecule has 130 valence electrons. The second-order valence-electron chi connectivity index (χ2n) is 5.18. The molecule has 2 aromatic rings. The maximum Gasteiger partial charge on any atom is 0.573 e. The molecule has 24 heavy (non-hydrogen) atoms. The third-order valence-corrected chi connectivity index (χ3v) is 3.47. The predicted molar refractivity (Wildman–Crippen MR) is 83.4 cm³/mol. The second-order valence-corrected chi connectivity index (χ2v) is 5.18. The lowest BCUT2D eigenvalue weighted by molar-refractivity contribution is -0.274.